The lowest BCUT2D eigenvalue weighted by molar-refractivity contribution is -0.390. The first-order chi connectivity index (χ1) is 15.6. The number of sulfonamides is 1. The van der Waals surface area contributed by atoms with Gasteiger partial charge in [0.15, 0.2) is 0 Å². The molecule has 2 aliphatic heterocycles. The van der Waals surface area contributed by atoms with Gasteiger partial charge in [-0.3, -0.25) is 4.79 Å². The zero-order valence-electron chi connectivity index (χ0n) is 19.9. The monoisotopic (exact) mass is 479 g/mol. The molecule has 0 aromatic carbocycles. The minimum atomic E-state index is -3.55. The van der Waals surface area contributed by atoms with Gasteiger partial charge in [-0.25, -0.2) is 12.7 Å². The molecule has 0 aromatic rings. The Labute approximate surface area is 196 Å². The maximum Gasteiger partial charge on any atom is 0.215 e. The fourth-order valence-corrected chi connectivity index (χ4v) is 11.6. The van der Waals surface area contributed by atoms with E-state index in [0.29, 0.717) is 56.5 Å². The molecule has 7 nitrogen and oxygen atoms in total. The van der Waals surface area contributed by atoms with E-state index in [1.807, 2.05) is 0 Å². The summed E-state index contributed by atoms with van der Waals surface area (Å²) < 4.78 is 35.3. The van der Waals surface area contributed by atoms with Crippen molar-refractivity contribution in [3.8, 4) is 0 Å². The van der Waals surface area contributed by atoms with Crippen LogP contribution in [0.4, 0.5) is 0 Å². The molecular formula is C25H37NO6S. The second-order valence-electron chi connectivity index (χ2n) is 13.0. The van der Waals surface area contributed by atoms with Gasteiger partial charge in [0.05, 0.1) is 5.75 Å². The zero-order chi connectivity index (χ0) is 22.9. The average molecular weight is 480 g/mol. The van der Waals surface area contributed by atoms with Gasteiger partial charge in [0, 0.05) is 49.6 Å². The zero-order valence-corrected chi connectivity index (χ0v) is 20.7. The van der Waals surface area contributed by atoms with Crippen LogP contribution in [0.3, 0.4) is 0 Å². The van der Waals surface area contributed by atoms with Gasteiger partial charge < -0.3 is 4.74 Å². The third-order valence-electron chi connectivity index (χ3n) is 11.4. The lowest BCUT2D eigenvalue weighted by atomic mass is 9.53. The number of carbonyl (C=O) groups is 1. The number of ether oxygens (including phenoxy) is 1. The van der Waals surface area contributed by atoms with E-state index < -0.39 is 27.0 Å². The Bertz CT molecular complexity index is 955. The van der Waals surface area contributed by atoms with E-state index in [1.165, 1.54) is 32.1 Å². The molecule has 8 heteroatoms. The number of fused-ring (bicyclic) bond motifs is 2. The van der Waals surface area contributed by atoms with E-state index in [2.05, 4.69) is 13.8 Å². The minimum absolute atomic E-state index is 0.0512. The van der Waals surface area contributed by atoms with Crippen molar-refractivity contribution < 1.29 is 27.7 Å². The molecule has 184 valence electrons. The SMILES string of the molecule is CC1(C)C2CCC1(CS(=O)(=O)N1CCC3(CC1)OOC1(O3)C3CC4CC(C3)CC1C4)C(=O)C2. The van der Waals surface area contributed by atoms with Gasteiger partial charge in [-0.1, -0.05) is 13.8 Å². The van der Waals surface area contributed by atoms with E-state index in [4.69, 9.17) is 14.5 Å². The van der Waals surface area contributed by atoms with Gasteiger partial charge in [0.1, 0.15) is 5.78 Å². The largest absolute Gasteiger partial charge is 0.312 e. The first kappa shape index (κ1) is 21.7. The lowest BCUT2D eigenvalue weighted by Gasteiger charge is -2.57. The van der Waals surface area contributed by atoms with Crippen LogP contribution >= 0.6 is 0 Å². The Hall–Kier alpha value is -0.540. The van der Waals surface area contributed by atoms with Crippen molar-refractivity contribution in [1.82, 2.24) is 4.31 Å². The molecule has 2 atom stereocenters. The normalized spacial score (nSPS) is 49.6. The number of hydrogen-bond donors (Lipinski definition) is 0. The number of Topliss-reactive ketones (excluding diaryl/α,β-unsaturated/α-hetero) is 1. The molecule has 0 aromatic heterocycles. The van der Waals surface area contributed by atoms with Crippen molar-refractivity contribution in [2.75, 3.05) is 18.8 Å². The summed E-state index contributed by atoms with van der Waals surface area (Å²) in [7, 11) is -3.55. The van der Waals surface area contributed by atoms with Crippen LogP contribution in [0.1, 0.15) is 78.1 Å². The molecule has 6 aliphatic carbocycles. The molecule has 2 saturated heterocycles. The fraction of sp³-hybridized carbons (Fsp3) is 0.960. The Kier molecular flexibility index (Phi) is 4.35. The number of carbonyl (C=O) groups excluding carboxylic acids is 1. The van der Waals surface area contributed by atoms with Crippen molar-refractivity contribution in [1.29, 1.82) is 0 Å². The summed E-state index contributed by atoms with van der Waals surface area (Å²) in [4.78, 5) is 24.9. The molecule has 8 aliphatic rings. The molecule has 8 rings (SSSR count). The minimum Gasteiger partial charge on any atom is -0.312 e. The fourth-order valence-electron chi connectivity index (χ4n) is 9.41. The van der Waals surface area contributed by atoms with Crippen LogP contribution in [0.2, 0.25) is 0 Å². The van der Waals surface area contributed by atoms with Gasteiger partial charge in [-0.15, -0.1) is 0 Å². The maximum atomic E-state index is 13.5. The van der Waals surface area contributed by atoms with E-state index in [-0.39, 0.29) is 17.0 Å². The van der Waals surface area contributed by atoms with Crippen LogP contribution in [0.5, 0.6) is 0 Å². The molecule has 0 amide bonds. The number of hydrogen-bond acceptors (Lipinski definition) is 6. The van der Waals surface area contributed by atoms with E-state index in [9.17, 15) is 13.2 Å². The highest BCUT2D eigenvalue weighted by atomic mass is 32.2. The Balaban J connectivity index is 1.06. The average Bonchev–Trinajstić information content (AvgIpc) is 3.29. The predicted octanol–water partition coefficient (Wildman–Crippen LogP) is 3.63. The summed E-state index contributed by atoms with van der Waals surface area (Å²) in [5.41, 5.74) is -0.967. The van der Waals surface area contributed by atoms with E-state index >= 15 is 0 Å². The Morgan fingerprint density at radius 2 is 1.55 bits per heavy atom. The number of piperidine rings is 1. The molecule has 6 saturated carbocycles. The van der Waals surface area contributed by atoms with Crippen molar-refractivity contribution in [2.45, 2.75) is 89.6 Å². The molecule has 0 radical (unpaired) electrons. The Morgan fingerprint density at radius 1 is 0.909 bits per heavy atom. The summed E-state index contributed by atoms with van der Waals surface area (Å²) in [6.07, 6.45) is 9.19. The van der Waals surface area contributed by atoms with Crippen LogP contribution in [0, 0.1) is 40.4 Å². The molecular weight excluding hydrogens is 442 g/mol. The third kappa shape index (κ3) is 2.76. The molecule has 33 heavy (non-hydrogen) atoms. The highest BCUT2D eigenvalue weighted by Crippen LogP contribution is 2.65. The predicted molar refractivity (Wildman–Crippen MR) is 119 cm³/mol. The molecule has 2 spiro atoms. The van der Waals surface area contributed by atoms with Crippen molar-refractivity contribution in [2.24, 2.45) is 40.4 Å². The van der Waals surface area contributed by atoms with Gasteiger partial charge >= 0.3 is 0 Å². The number of rotatable bonds is 3. The highest BCUT2D eigenvalue weighted by Gasteiger charge is 2.68. The van der Waals surface area contributed by atoms with Crippen molar-refractivity contribution in [3.63, 3.8) is 0 Å². The standard InChI is InChI=1S/C25H37NO6S/c1-22(2)18-3-4-23(22,21(27)14-18)15-33(28,29)26-7-5-24(6-8-26)30-25(32-31-24)19-10-16-9-17(12-19)13-20(25)11-16/h16-20H,3-15H2,1-2H3. The molecule has 2 heterocycles. The second-order valence-corrected chi connectivity index (χ2v) is 15.0. The van der Waals surface area contributed by atoms with Crippen LogP contribution in [0.15, 0.2) is 0 Å². The van der Waals surface area contributed by atoms with E-state index in [1.54, 1.807) is 4.31 Å². The van der Waals surface area contributed by atoms with E-state index in [0.717, 1.165) is 18.3 Å². The second kappa shape index (κ2) is 6.61. The van der Waals surface area contributed by atoms with Crippen LogP contribution in [0.25, 0.3) is 0 Å². The number of nitrogens with zero attached hydrogens (tertiary/aromatic N) is 1. The van der Waals surface area contributed by atoms with Crippen molar-refractivity contribution >= 4 is 15.8 Å². The van der Waals surface area contributed by atoms with Gasteiger partial charge in [-0.2, -0.15) is 9.78 Å². The summed E-state index contributed by atoms with van der Waals surface area (Å²) >= 11 is 0. The highest BCUT2D eigenvalue weighted by molar-refractivity contribution is 7.89. The molecule has 0 N–H and O–H groups in total. The molecule has 2 unspecified atom stereocenters. The van der Waals surface area contributed by atoms with Gasteiger partial charge in [0.25, 0.3) is 0 Å². The smallest absolute Gasteiger partial charge is 0.215 e. The Morgan fingerprint density at radius 3 is 2.09 bits per heavy atom. The third-order valence-corrected chi connectivity index (χ3v) is 13.4. The first-order valence-corrected chi connectivity index (χ1v) is 14.8. The number of ketones is 1. The molecule has 6 bridgehead atoms. The van der Waals surface area contributed by atoms with Crippen LogP contribution in [-0.2, 0) is 29.3 Å². The topological polar surface area (TPSA) is 82.1 Å². The van der Waals surface area contributed by atoms with Gasteiger partial charge in [-0.05, 0) is 68.1 Å². The molecule has 8 fully saturated rings. The lowest BCUT2D eigenvalue weighted by Crippen LogP contribution is -2.60. The maximum absolute atomic E-state index is 13.5. The van der Waals surface area contributed by atoms with Crippen LogP contribution in [-0.4, -0.2) is 48.9 Å². The summed E-state index contributed by atoms with van der Waals surface area (Å²) in [6, 6.07) is 0. The van der Waals surface area contributed by atoms with Crippen LogP contribution < -0.4 is 0 Å². The summed E-state index contributed by atoms with van der Waals surface area (Å²) in [6.45, 7) is 4.91. The first-order valence-electron chi connectivity index (χ1n) is 13.2. The summed E-state index contributed by atoms with van der Waals surface area (Å²) in [5.74, 6) is 1.40. The summed E-state index contributed by atoms with van der Waals surface area (Å²) in [5, 5.41) is 0. The quantitative estimate of drug-likeness (QED) is 0.575. The van der Waals surface area contributed by atoms with Gasteiger partial charge in [0.2, 0.25) is 21.6 Å². The van der Waals surface area contributed by atoms with Crippen molar-refractivity contribution in [3.05, 3.63) is 0 Å².